The molecule has 188 valence electrons. The zero-order chi connectivity index (χ0) is 25.9. The van der Waals surface area contributed by atoms with E-state index < -0.39 is 0 Å². The highest BCUT2D eigenvalue weighted by Gasteiger charge is 2.16. The molecule has 37 heavy (non-hydrogen) atoms. The first-order chi connectivity index (χ1) is 17.9. The minimum atomic E-state index is -0.233. The second kappa shape index (κ2) is 10.1. The van der Waals surface area contributed by atoms with Gasteiger partial charge in [0.1, 0.15) is 12.4 Å². The van der Waals surface area contributed by atoms with E-state index in [1.54, 1.807) is 15.6 Å². The van der Waals surface area contributed by atoms with Crippen molar-refractivity contribution in [1.82, 2.24) is 29.3 Å². The molecule has 0 fully saturated rings. The Bertz CT molecular complexity index is 1550. The van der Waals surface area contributed by atoms with Gasteiger partial charge in [0.05, 0.1) is 18.6 Å². The van der Waals surface area contributed by atoms with Crippen LogP contribution in [-0.4, -0.2) is 40.3 Å². The summed E-state index contributed by atoms with van der Waals surface area (Å²) in [4.78, 5) is 25.8. The van der Waals surface area contributed by atoms with Gasteiger partial charge in [-0.05, 0) is 42.7 Å². The summed E-state index contributed by atoms with van der Waals surface area (Å²) < 4.78 is 3.36. The van der Waals surface area contributed by atoms with Crippen LogP contribution in [0.2, 0.25) is 0 Å². The van der Waals surface area contributed by atoms with E-state index in [1.165, 1.54) is 0 Å². The van der Waals surface area contributed by atoms with Crippen molar-refractivity contribution in [3.05, 3.63) is 72.2 Å². The molecule has 1 amide bonds. The van der Waals surface area contributed by atoms with Gasteiger partial charge in [-0.25, -0.2) is 9.67 Å². The van der Waals surface area contributed by atoms with Gasteiger partial charge >= 0.3 is 0 Å². The normalized spacial score (nSPS) is 11.1. The van der Waals surface area contributed by atoms with Crippen LogP contribution in [0.5, 0.6) is 0 Å². The van der Waals surface area contributed by atoms with Crippen molar-refractivity contribution >= 4 is 40.3 Å². The molecular weight excluding hydrogens is 470 g/mol. The molecule has 5 aromatic rings. The van der Waals surface area contributed by atoms with Crippen LogP contribution >= 0.6 is 0 Å². The van der Waals surface area contributed by atoms with E-state index in [-0.39, 0.29) is 25.0 Å². The van der Waals surface area contributed by atoms with Crippen molar-refractivity contribution in [2.24, 2.45) is 0 Å². The summed E-state index contributed by atoms with van der Waals surface area (Å²) in [5.74, 6) is 0.917. The fraction of sp³-hybridized carbons (Fsp3) is 0.192. The van der Waals surface area contributed by atoms with E-state index in [9.17, 15) is 9.90 Å². The standard InChI is InChI=1S/C26H27N9O2/c1-3-35-21(12-16(2)33-35)30-22(37)13-34-15-28-23-24(31-26(27)32-25(23)34)29-20-10-8-19(9-11-20)18-6-4-17(14-36)5-7-18/h4-12,15,36H,3,13-14H2,1-2H3,(H,30,37)(H3,27,29,31,32). The molecule has 0 aliphatic carbocycles. The third-order valence-electron chi connectivity index (χ3n) is 5.88. The number of amides is 1. The van der Waals surface area contributed by atoms with E-state index >= 15 is 0 Å². The molecule has 11 heteroatoms. The van der Waals surface area contributed by atoms with Crippen molar-refractivity contribution in [2.45, 2.75) is 33.5 Å². The van der Waals surface area contributed by atoms with Crippen LogP contribution in [0.15, 0.2) is 60.9 Å². The Labute approximate surface area is 213 Å². The van der Waals surface area contributed by atoms with Gasteiger partial charge in [-0.2, -0.15) is 15.1 Å². The number of aliphatic hydroxyl groups excluding tert-OH is 1. The first kappa shape index (κ1) is 23.9. The second-order valence-electron chi connectivity index (χ2n) is 8.57. The maximum absolute atomic E-state index is 12.7. The van der Waals surface area contributed by atoms with Crippen molar-refractivity contribution in [1.29, 1.82) is 0 Å². The molecule has 0 radical (unpaired) electrons. The zero-order valence-corrected chi connectivity index (χ0v) is 20.5. The molecule has 0 saturated carbocycles. The Morgan fingerprint density at radius 2 is 1.76 bits per heavy atom. The van der Waals surface area contributed by atoms with E-state index in [2.05, 4.69) is 30.7 Å². The van der Waals surface area contributed by atoms with Gasteiger partial charge in [0, 0.05) is 18.3 Å². The second-order valence-corrected chi connectivity index (χ2v) is 8.57. The summed E-state index contributed by atoms with van der Waals surface area (Å²) in [6.07, 6.45) is 1.55. The van der Waals surface area contributed by atoms with Crippen LogP contribution in [0.4, 0.5) is 23.3 Å². The van der Waals surface area contributed by atoms with Crippen LogP contribution in [-0.2, 0) is 24.5 Å². The number of benzene rings is 2. The Morgan fingerprint density at radius 3 is 2.43 bits per heavy atom. The Kier molecular flexibility index (Phi) is 6.52. The summed E-state index contributed by atoms with van der Waals surface area (Å²) in [5.41, 5.74) is 11.5. The van der Waals surface area contributed by atoms with E-state index in [0.29, 0.717) is 29.3 Å². The highest BCUT2D eigenvalue weighted by molar-refractivity contribution is 5.92. The number of anilines is 4. The third kappa shape index (κ3) is 5.11. The van der Waals surface area contributed by atoms with Gasteiger partial charge in [-0.1, -0.05) is 36.4 Å². The number of nitrogens with zero attached hydrogens (tertiary/aromatic N) is 6. The number of aryl methyl sites for hydroxylation is 2. The molecule has 0 spiro atoms. The average molecular weight is 498 g/mol. The predicted octanol–water partition coefficient (Wildman–Crippen LogP) is 3.47. The number of hydrogen-bond donors (Lipinski definition) is 4. The maximum atomic E-state index is 12.7. The lowest BCUT2D eigenvalue weighted by atomic mass is 10.0. The lowest BCUT2D eigenvalue weighted by Crippen LogP contribution is -2.20. The minimum absolute atomic E-state index is 0.00407. The molecule has 11 nitrogen and oxygen atoms in total. The molecule has 3 heterocycles. The molecule has 0 bridgehead atoms. The first-order valence-electron chi connectivity index (χ1n) is 11.8. The summed E-state index contributed by atoms with van der Waals surface area (Å²) in [5, 5.41) is 19.7. The number of aliphatic hydroxyl groups is 1. The summed E-state index contributed by atoms with van der Waals surface area (Å²) in [6, 6.07) is 17.4. The molecule has 3 aromatic heterocycles. The van der Waals surface area contributed by atoms with Gasteiger partial charge in [-0.15, -0.1) is 0 Å². The number of hydrogen-bond acceptors (Lipinski definition) is 8. The molecule has 0 unspecified atom stereocenters. The highest BCUT2D eigenvalue weighted by Crippen LogP contribution is 2.26. The van der Waals surface area contributed by atoms with Crippen molar-refractivity contribution < 1.29 is 9.90 Å². The summed E-state index contributed by atoms with van der Waals surface area (Å²) in [7, 11) is 0. The molecular formula is C26H27N9O2. The number of nitrogens with two attached hydrogens (primary N) is 1. The fourth-order valence-electron chi connectivity index (χ4n) is 4.07. The van der Waals surface area contributed by atoms with Crippen LogP contribution < -0.4 is 16.4 Å². The smallest absolute Gasteiger partial charge is 0.245 e. The number of fused-ring (bicyclic) bond motifs is 1. The number of aromatic nitrogens is 6. The van der Waals surface area contributed by atoms with Gasteiger partial charge < -0.3 is 26.0 Å². The van der Waals surface area contributed by atoms with E-state index in [0.717, 1.165) is 28.1 Å². The van der Waals surface area contributed by atoms with Crippen LogP contribution in [0.1, 0.15) is 18.2 Å². The quantitative estimate of drug-likeness (QED) is 0.255. The Morgan fingerprint density at radius 1 is 1.05 bits per heavy atom. The Hall–Kier alpha value is -4.77. The predicted molar refractivity (Wildman–Crippen MR) is 142 cm³/mol. The largest absolute Gasteiger partial charge is 0.392 e. The van der Waals surface area contributed by atoms with Crippen LogP contribution in [0.3, 0.4) is 0 Å². The van der Waals surface area contributed by atoms with Gasteiger partial charge in [-0.3, -0.25) is 4.79 Å². The van der Waals surface area contributed by atoms with Gasteiger partial charge in [0.15, 0.2) is 17.0 Å². The monoisotopic (exact) mass is 497 g/mol. The Balaban J connectivity index is 1.34. The average Bonchev–Trinajstić information content (AvgIpc) is 3.46. The number of carbonyl (C=O) groups is 1. The lowest BCUT2D eigenvalue weighted by Gasteiger charge is -2.10. The number of imidazole rings is 1. The fourth-order valence-corrected chi connectivity index (χ4v) is 4.07. The van der Waals surface area contributed by atoms with Crippen LogP contribution in [0, 0.1) is 6.92 Å². The zero-order valence-electron chi connectivity index (χ0n) is 20.5. The summed E-state index contributed by atoms with van der Waals surface area (Å²) >= 11 is 0. The topological polar surface area (TPSA) is 149 Å². The van der Waals surface area contributed by atoms with Crippen molar-refractivity contribution in [3.8, 4) is 11.1 Å². The molecule has 0 aliphatic heterocycles. The van der Waals surface area contributed by atoms with Gasteiger partial charge in [0.2, 0.25) is 11.9 Å². The lowest BCUT2D eigenvalue weighted by molar-refractivity contribution is -0.116. The minimum Gasteiger partial charge on any atom is -0.392 e. The SMILES string of the molecule is CCn1nc(C)cc1NC(=O)Cn1cnc2c(Nc3ccc(-c4ccc(CO)cc4)cc3)nc(N)nc21. The number of carbonyl (C=O) groups excluding carboxylic acids is 1. The first-order valence-corrected chi connectivity index (χ1v) is 11.8. The van der Waals surface area contributed by atoms with E-state index in [4.69, 9.17) is 5.73 Å². The van der Waals surface area contributed by atoms with Crippen molar-refractivity contribution in [3.63, 3.8) is 0 Å². The van der Waals surface area contributed by atoms with Crippen LogP contribution in [0.25, 0.3) is 22.3 Å². The number of nitrogens with one attached hydrogen (secondary N) is 2. The van der Waals surface area contributed by atoms with Crippen molar-refractivity contribution in [2.75, 3.05) is 16.4 Å². The van der Waals surface area contributed by atoms with E-state index in [1.807, 2.05) is 68.4 Å². The summed E-state index contributed by atoms with van der Waals surface area (Å²) in [6.45, 7) is 4.51. The molecule has 5 rings (SSSR count). The molecule has 0 aliphatic rings. The molecule has 0 saturated heterocycles. The molecule has 5 N–H and O–H groups in total. The molecule has 2 aromatic carbocycles. The number of nitrogen functional groups attached to an aromatic ring is 1. The molecule has 0 atom stereocenters. The third-order valence-corrected chi connectivity index (χ3v) is 5.88. The van der Waals surface area contributed by atoms with Gasteiger partial charge in [0.25, 0.3) is 0 Å². The highest BCUT2D eigenvalue weighted by atomic mass is 16.3. The number of rotatable bonds is 8. The maximum Gasteiger partial charge on any atom is 0.245 e.